The van der Waals surface area contributed by atoms with Crippen LogP contribution in [-0.2, 0) is 16.6 Å². The summed E-state index contributed by atoms with van der Waals surface area (Å²) in [6.45, 7) is 9.17. The Labute approximate surface area is 132 Å². The van der Waals surface area contributed by atoms with Crippen LogP contribution < -0.4 is 10.0 Å². The molecule has 0 fully saturated rings. The summed E-state index contributed by atoms with van der Waals surface area (Å²) in [5.41, 5.74) is 0.969. The molecule has 1 aromatic heterocycles. The zero-order chi connectivity index (χ0) is 16.3. The van der Waals surface area contributed by atoms with E-state index >= 15 is 0 Å². The minimum Gasteiger partial charge on any atom is -0.346 e. The Hall–Kier alpha value is -0.500. The second-order valence-electron chi connectivity index (χ2n) is 5.99. The zero-order valence-corrected chi connectivity index (χ0v) is 15.4. The third-order valence-electron chi connectivity index (χ3n) is 3.37. The maximum atomic E-state index is 12.4. The molecule has 0 saturated carbocycles. The standard InChI is InChI=1S/C14H27N3O2S2/c1-11(2)17-9-13(7-12(17)8-15-5)21(18,19)16-10-14(3,4)20-6/h7,9,11,15-16H,8,10H2,1-6H3. The first kappa shape index (κ1) is 18.5. The molecule has 5 nitrogen and oxygen atoms in total. The first-order valence-corrected chi connectivity index (χ1v) is 9.74. The van der Waals surface area contributed by atoms with Gasteiger partial charge < -0.3 is 9.88 Å². The van der Waals surface area contributed by atoms with Crippen molar-refractivity contribution in [2.24, 2.45) is 0 Å². The van der Waals surface area contributed by atoms with Crippen LogP contribution in [0.5, 0.6) is 0 Å². The highest BCUT2D eigenvalue weighted by atomic mass is 32.2. The maximum absolute atomic E-state index is 12.4. The highest BCUT2D eigenvalue weighted by Crippen LogP contribution is 2.22. The molecule has 0 saturated heterocycles. The Kier molecular flexibility index (Phi) is 6.34. The molecule has 0 aromatic carbocycles. The fourth-order valence-corrected chi connectivity index (χ4v) is 3.44. The van der Waals surface area contributed by atoms with E-state index in [-0.39, 0.29) is 10.8 Å². The van der Waals surface area contributed by atoms with Crippen molar-refractivity contribution in [3.63, 3.8) is 0 Å². The van der Waals surface area contributed by atoms with E-state index in [9.17, 15) is 8.42 Å². The van der Waals surface area contributed by atoms with Crippen LogP contribution in [-0.4, -0.2) is 37.6 Å². The van der Waals surface area contributed by atoms with Crippen molar-refractivity contribution in [2.45, 2.75) is 49.9 Å². The first-order valence-electron chi connectivity index (χ1n) is 7.03. The van der Waals surface area contributed by atoms with Gasteiger partial charge in [0, 0.05) is 35.8 Å². The van der Waals surface area contributed by atoms with E-state index in [0.29, 0.717) is 18.0 Å². The second-order valence-corrected chi connectivity index (χ2v) is 9.27. The van der Waals surface area contributed by atoms with Crippen molar-refractivity contribution in [1.29, 1.82) is 0 Å². The van der Waals surface area contributed by atoms with Crippen molar-refractivity contribution in [3.8, 4) is 0 Å². The molecule has 7 heteroatoms. The number of sulfonamides is 1. The van der Waals surface area contributed by atoms with E-state index in [1.54, 1.807) is 24.0 Å². The fraction of sp³-hybridized carbons (Fsp3) is 0.714. The summed E-state index contributed by atoms with van der Waals surface area (Å²) in [6, 6.07) is 1.96. The van der Waals surface area contributed by atoms with Crippen LogP contribution in [0.25, 0.3) is 0 Å². The summed E-state index contributed by atoms with van der Waals surface area (Å²) in [5, 5.41) is 3.07. The number of nitrogens with one attached hydrogen (secondary N) is 2. The lowest BCUT2D eigenvalue weighted by atomic mass is 10.2. The van der Waals surface area contributed by atoms with Gasteiger partial charge in [0.2, 0.25) is 10.0 Å². The number of thioether (sulfide) groups is 1. The predicted octanol–water partition coefficient (Wildman–Crippen LogP) is 2.21. The van der Waals surface area contributed by atoms with Crippen LogP contribution in [0.4, 0.5) is 0 Å². The molecule has 0 radical (unpaired) electrons. The van der Waals surface area contributed by atoms with Crippen LogP contribution in [0.3, 0.4) is 0 Å². The second kappa shape index (κ2) is 7.17. The summed E-state index contributed by atoms with van der Waals surface area (Å²) in [5.74, 6) is 0. The van der Waals surface area contributed by atoms with Gasteiger partial charge in [-0.05, 0) is 47.1 Å². The topological polar surface area (TPSA) is 63.1 Å². The van der Waals surface area contributed by atoms with Gasteiger partial charge in [-0.1, -0.05) is 0 Å². The highest BCUT2D eigenvalue weighted by Gasteiger charge is 2.23. The molecular formula is C14H27N3O2S2. The van der Waals surface area contributed by atoms with Gasteiger partial charge >= 0.3 is 0 Å². The van der Waals surface area contributed by atoms with Gasteiger partial charge in [0.25, 0.3) is 0 Å². The zero-order valence-electron chi connectivity index (χ0n) is 13.7. The molecule has 0 aliphatic rings. The number of aromatic nitrogens is 1. The van der Waals surface area contributed by atoms with Crippen molar-refractivity contribution in [3.05, 3.63) is 18.0 Å². The molecule has 1 rings (SSSR count). The monoisotopic (exact) mass is 333 g/mol. The van der Waals surface area contributed by atoms with E-state index in [0.717, 1.165) is 5.69 Å². The van der Waals surface area contributed by atoms with Crippen molar-refractivity contribution in [2.75, 3.05) is 19.8 Å². The lowest BCUT2D eigenvalue weighted by Crippen LogP contribution is -2.35. The largest absolute Gasteiger partial charge is 0.346 e. The summed E-state index contributed by atoms with van der Waals surface area (Å²) >= 11 is 1.64. The van der Waals surface area contributed by atoms with E-state index < -0.39 is 10.0 Å². The maximum Gasteiger partial charge on any atom is 0.242 e. The van der Waals surface area contributed by atoms with Crippen LogP contribution in [0.15, 0.2) is 17.2 Å². The van der Waals surface area contributed by atoms with E-state index in [2.05, 4.69) is 10.0 Å². The normalized spacial score (nSPS) is 13.1. The molecule has 2 N–H and O–H groups in total. The number of rotatable bonds is 8. The van der Waals surface area contributed by atoms with Gasteiger partial charge in [-0.15, -0.1) is 0 Å². The van der Waals surface area contributed by atoms with Gasteiger partial charge in [-0.3, -0.25) is 0 Å². The molecule has 0 unspecified atom stereocenters. The molecule has 0 atom stereocenters. The first-order chi connectivity index (χ1) is 9.63. The van der Waals surface area contributed by atoms with Gasteiger partial charge in [0.05, 0.1) is 4.90 Å². The molecule has 0 spiro atoms. The minimum atomic E-state index is -3.47. The Morgan fingerprint density at radius 2 is 2.00 bits per heavy atom. The Bertz CT molecular complexity index is 563. The highest BCUT2D eigenvalue weighted by molar-refractivity contribution is 8.00. The molecule has 1 aromatic rings. The van der Waals surface area contributed by atoms with Crippen molar-refractivity contribution < 1.29 is 8.42 Å². The summed E-state index contributed by atoms with van der Waals surface area (Å²) < 4.78 is 29.4. The van der Waals surface area contributed by atoms with Gasteiger partial charge in [0.15, 0.2) is 0 Å². The molecule has 0 aliphatic carbocycles. The van der Waals surface area contributed by atoms with E-state index in [1.807, 2.05) is 45.6 Å². The Morgan fingerprint density at radius 3 is 2.48 bits per heavy atom. The Morgan fingerprint density at radius 1 is 1.38 bits per heavy atom. The number of hydrogen-bond acceptors (Lipinski definition) is 4. The third-order valence-corrected chi connectivity index (χ3v) is 5.99. The average Bonchev–Trinajstić information content (AvgIpc) is 2.82. The SMILES string of the molecule is CNCc1cc(S(=O)(=O)NCC(C)(C)SC)cn1C(C)C. The van der Waals surface area contributed by atoms with Crippen molar-refractivity contribution in [1.82, 2.24) is 14.6 Å². The molecular weight excluding hydrogens is 306 g/mol. The quantitative estimate of drug-likeness (QED) is 0.766. The van der Waals surface area contributed by atoms with Crippen LogP contribution >= 0.6 is 11.8 Å². The van der Waals surface area contributed by atoms with Crippen LogP contribution in [0.1, 0.15) is 39.4 Å². The molecule has 0 amide bonds. The third kappa shape index (κ3) is 5.02. The molecule has 0 bridgehead atoms. The Balaban J connectivity index is 3.01. The van der Waals surface area contributed by atoms with Gasteiger partial charge in [0.1, 0.15) is 0 Å². The average molecular weight is 334 g/mol. The fourth-order valence-electron chi connectivity index (χ4n) is 1.87. The van der Waals surface area contributed by atoms with Crippen LogP contribution in [0.2, 0.25) is 0 Å². The van der Waals surface area contributed by atoms with Gasteiger partial charge in [-0.25, -0.2) is 13.1 Å². The number of hydrogen-bond donors (Lipinski definition) is 2. The lowest BCUT2D eigenvalue weighted by molar-refractivity contribution is 0.559. The van der Waals surface area contributed by atoms with Gasteiger partial charge in [-0.2, -0.15) is 11.8 Å². The summed E-state index contributed by atoms with van der Waals surface area (Å²) in [7, 11) is -1.62. The lowest BCUT2D eigenvalue weighted by Gasteiger charge is -2.21. The van der Waals surface area contributed by atoms with E-state index in [4.69, 9.17) is 0 Å². The smallest absolute Gasteiger partial charge is 0.242 e. The van der Waals surface area contributed by atoms with E-state index in [1.165, 1.54) is 0 Å². The summed E-state index contributed by atoms with van der Waals surface area (Å²) in [4.78, 5) is 0.332. The minimum absolute atomic E-state index is 0.124. The van der Waals surface area contributed by atoms with Crippen molar-refractivity contribution >= 4 is 21.8 Å². The molecule has 1 heterocycles. The molecule has 21 heavy (non-hydrogen) atoms. The predicted molar refractivity (Wildman–Crippen MR) is 90.4 cm³/mol. The molecule has 0 aliphatic heterocycles. The summed E-state index contributed by atoms with van der Waals surface area (Å²) in [6.07, 6.45) is 3.69. The van der Waals surface area contributed by atoms with Crippen LogP contribution in [0, 0.1) is 0 Å². The number of nitrogens with zero attached hydrogens (tertiary/aromatic N) is 1. The molecule has 122 valence electrons.